The smallest absolute Gasteiger partial charge is 0.332 e. The topological polar surface area (TPSA) is 114 Å². The molecule has 20 heavy (non-hydrogen) atoms. The van der Waals surface area contributed by atoms with Gasteiger partial charge in [-0.05, 0) is 31.1 Å². The quantitative estimate of drug-likeness (QED) is 0.770. The number of anilines is 1. The van der Waals surface area contributed by atoms with Crippen molar-refractivity contribution in [2.24, 2.45) is 5.41 Å². The Kier molecular flexibility index (Phi) is 3.31. The lowest BCUT2D eigenvalue weighted by atomic mass is 9.76. The van der Waals surface area contributed by atoms with E-state index in [1.54, 1.807) is 12.1 Å². The molecule has 6 heteroatoms. The summed E-state index contributed by atoms with van der Waals surface area (Å²) in [4.78, 5) is 26.5. The number of allylic oxidation sites excluding steroid dienone is 2. The standard InChI is InChI=1S/C14H14N2O4/c1-14(13(19)20)5-4-9(10(6-14)12(17)18)8-2-3-11(15)16-7-8/h2-5,7H,6H2,1H3,(H2,15,16)(H,17,18)(H,19,20). The van der Waals surface area contributed by atoms with E-state index in [1.165, 1.54) is 25.3 Å². The average molecular weight is 274 g/mol. The molecule has 0 saturated heterocycles. The Balaban J connectivity index is 2.50. The van der Waals surface area contributed by atoms with E-state index >= 15 is 0 Å². The molecular weight excluding hydrogens is 260 g/mol. The van der Waals surface area contributed by atoms with Crippen LogP contribution in [0.4, 0.5) is 5.82 Å². The maximum atomic E-state index is 11.4. The first kappa shape index (κ1) is 13.8. The summed E-state index contributed by atoms with van der Waals surface area (Å²) < 4.78 is 0. The molecule has 0 fully saturated rings. The van der Waals surface area contributed by atoms with Crippen LogP contribution in [-0.2, 0) is 9.59 Å². The summed E-state index contributed by atoms with van der Waals surface area (Å²) in [5, 5.41) is 18.5. The summed E-state index contributed by atoms with van der Waals surface area (Å²) in [6, 6.07) is 3.23. The van der Waals surface area contributed by atoms with Crippen LogP contribution in [0.3, 0.4) is 0 Å². The van der Waals surface area contributed by atoms with Crippen molar-refractivity contribution in [3.8, 4) is 0 Å². The summed E-state index contributed by atoms with van der Waals surface area (Å²) in [6.07, 6.45) is 4.43. The number of rotatable bonds is 3. The van der Waals surface area contributed by atoms with Gasteiger partial charge in [-0.25, -0.2) is 9.78 Å². The van der Waals surface area contributed by atoms with Crippen LogP contribution in [0.2, 0.25) is 0 Å². The Hall–Kier alpha value is -2.63. The number of nitrogens with two attached hydrogens (primary N) is 1. The molecular formula is C14H14N2O4. The lowest BCUT2D eigenvalue weighted by molar-refractivity contribution is -0.145. The fraction of sp³-hybridized carbons (Fsp3) is 0.214. The first-order valence-corrected chi connectivity index (χ1v) is 5.94. The Morgan fingerprint density at radius 3 is 2.55 bits per heavy atom. The fourth-order valence-electron chi connectivity index (χ4n) is 2.06. The highest BCUT2D eigenvalue weighted by Crippen LogP contribution is 2.37. The van der Waals surface area contributed by atoms with E-state index in [-0.39, 0.29) is 12.0 Å². The molecule has 2 rings (SSSR count). The number of nitrogens with zero attached hydrogens (tertiary/aromatic N) is 1. The predicted molar refractivity (Wildman–Crippen MR) is 72.7 cm³/mol. The number of pyridine rings is 1. The monoisotopic (exact) mass is 274 g/mol. The van der Waals surface area contributed by atoms with Crippen molar-refractivity contribution in [3.05, 3.63) is 41.6 Å². The van der Waals surface area contributed by atoms with Crippen molar-refractivity contribution in [2.75, 3.05) is 5.73 Å². The van der Waals surface area contributed by atoms with Crippen molar-refractivity contribution in [1.29, 1.82) is 0 Å². The molecule has 1 heterocycles. The predicted octanol–water partition coefficient (Wildman–Crippen LogP) is 1.55. The van der Waals surface area contributed by atoms with Crippen molar-refractivity contribution < 1.29 is 19.8 Å². The van der Waals surface area contributed by atoms with Gasteiger partial charge in [-0.15, -0.1) is 0 Å². The minimum absolute atomic E-state index is 0.0592. The van der Waals surface area contributed by atoms with Crippen LogP contribution >= 0.6 is 0 Å². The minimum atomic E-state index is -1.21. The van der Waals surface area contributed by atoms with Gasteiger partial charge < -0.3 is 15.9 Å². The molecule has 1 aromatic rings. The molecule has 4 N–H and O–H groups in total. The molecule has 0 radical (unpaired) electrons. The van der Waals surface area contributed by atoms with Gasteiger partial charge in [0.2, 0.25) is 0 Å². The first-order valence-electron chi connectivity index (χ1n) is 5.94. The van der Waals surface area contributed by atoms with Crippen LogP contribution in [0.1, 0.15) is 18.9 Å². The Labute approximate surface area is 115 Å². The van der Waals surface area contributed by atoms with Gasteiger partial charge in [0.05, 0.1) is 5.41 Å². The van der Waals surface area contributed by atoms with Crippen LogP contribution in [0.15, 0.2) is 36.1 Å². The van der Waals surface area contributed by atoms with Gasteiger partial charge in [0.15, 0.2) is 0 Å². The molecule has 0 aliphatic heterocycles. The molecule has 104 valence electrons. The van der Waals surface area contributed by atoms with E-state index in [0.717, 1.165) is 0 Å². The SMILES string of the molecule is CC1(C(=O)O)C=CC(c2ccc(N)nc2)=C(C(=O)O)C1. The van der Waals surface area contributed by atoms with E-state index in [4.69, 9.17) is 5.73 Å². The lowest BCUT2D eigenvalue weighted by Crippen LogP contribution is -2.29. The second-order valence-corrected chi connectivity index (χ2v) is 4.90. The van der Waals surface area contributed by atoms with Crippen molar-refractivity contribution in [1.82, 2.24) is 4.98 Å². The maximum Gasteiger partial charge on any atom is 0.332 e. The van der Waals surface area contributed by atoms with E-state index < -0.39 is 17.4 Å². The normalized spacial score (nSPS) is 21.9. The number of aromatic nitrogens is 1. The largest absolute Gasteiger partial charge is 0.481 e. The third-order valence-corrected chi connectivity index (χ3v) is 3.33. The average Bonchev–Trinajstić information content (AvgIpc) is 2.39. The summed E-state index contributed by atoms with van der Waals surface area (Å²) >= 11 is 0. The van der Waals surface area contributed by atoms with Crippen molar-refractivity contribution in [3.63, 3.8) is 0 Å². The van der Waals surface area contributed by atoms with Crippen LogP contribution in [0, 0.1) is 5.41 Å². The number of carboxylic acids is 2. The molecule has 1 aromatic heterocycles. The van der Waals surface area contributed by atoms with E-state index in [0.29, 0.717) is 17.0 Å². The summed E-state index contributed by atoms with van der Waals surface area (Å²) in [5.74, 6) is -1.85. The fourth-order valence-corrected chi connectivity index (χ4v) is 2.06. The minimum Gasteiger partial charge on any atom is -0.481 e. The summed E-state index contributed by atoms with van der Waals surface area (Å²) in [7, 11) is 0. The Morgan fingerprint density at radius 2 is 2.05 bits per heavy atom. The van der Waals surface area contributed by atoms with Gasteiger partial charge in [-0.1, -0.05) is 12.2 Å². The van der Waals surface area contributed by atoms with Gasteiger partial charge in [-0.2, -0.15) is 0 Å². The highest BCUT2D eigenvalue weighted by molar-refractivity contribution is 6.01. The summed E-state index contributed by atoms with van der Waals surface area (Å²) in [6.45, 7) is 1.49. The molecule has 0 saturated carbocycles. The zero-order chi connectivity index (χ0) is 14.9. The third-order valence-electron chi connectivity index (χ3n) is 3.33. The second kappa shape index (κ2) is 4.80. The van der Waals surface area contributed by atoms with Crippen LogP contribution in [0.5, 0.6) is 0 Å². The third kappa shape index (κ3) is 2.40. The number of hydrogen-bond acceptors (Lipinski definition) is 4. The number of carboxylic acid groups (broad SMARTS) is 2. The molecule has 1 unspecified atom stereocenters. The van der Waals surface area contributed by atoms with Crippen LogP contribution < -0.4 is 5.73 Å². The molecule has 0 spiro atoms. The van der Waals surface area contributed by atoms with Crippen molar-refractivity contribution in [2.45, 2.75) is 13.3 Å². The van der Waals surface area contributed by atoms with Crippen molar-refractivity contribution >= 4 is 23.3 Å². The second-order valence-electron chi connectivity index (χ2n) is 4.90. The Morgan fingerprint density at radius 1 is 1.35 bits per heavy atom. The van der Waals surface area contributed by atoms with Crippen LogP contribution in [-0.4, -0.2) is 27.1 Å². The first-order chi connectivity index (χ1) is 9.33. The van der Waals surface area contributed by atoms with Gasteiger partial charge >= 0.3 is 11.9 Å². The molecule has 1 aliphatic carbocycles. The zero-order valence-corrected chi connectivity index (χ0v) is 10.8. The molecule has 1 aliphatic rings. The molecule has 0 amide bonds. The molecule has 1 atom stereocenters. The molecule has 0 bridgehead atoms. The van der Waals surface area contributed by atoms with E-state index in [2.05, 4.69) is 4.98 Å². The highest BCUT2D eigenvalue weighted by Gasteiger charge is 2.36. The molecule has 0 aromatic carbocycles. The lowest BCUT2D eigenvalue weighted by Gasteiger charge is -2.26. The Bertz CT molecular complexity index is 631. The van der Waals surface area contributed by atoms with E-state index in [9.17, 15) is 19.8 Å². The van der Waals surface area contributed by atoms with Gasteiger partial charge in [0.25, 0.3) is 0 Å². The van der Waals surface area contributed by atoms with E-state index in [1.807, 2.05) is 0 Å². The zero-order valence-electron chi connectivity index (χ0n) is 10.8. The molecule has 6 nitrogen and oxygen atoms in total. The maximum absolute atomic E-state index is 11.4. The number of carbonyl (C=O) groups is 2. The number of hydrogen-bond donors (Lipinski definition) is 3. The van der Waals surface area contributed by atoms with Gasteiger partial charge in [0.1, 0.15) is 5.82 Å². The number of nitrogen functional groups attached to an aromatic ring is 1. The van der Waals surface area contributed by atoms with Crippen LogP contribution in [0.25, 0.3) is 5.57 Å². The highest BCUT2D eigenvalue weighted by atomic mass is 16.4. The number of aliphatic carboxylic acids is 2. The van der Waals surface area contributed by atoms with Gasteiger partial charge in [0, 0.05) is 17.3 Å². The summed E-state index contributed by atoms with van der Waals surface area (Å²) in [5.41, 5.74) is 5.40. The van der Waals surface area contributed by atoms with Gasteiger partial charge in [-0.3, -0.25) is 4.79 Å².